The third-order valence-corrected chi connectivity index (χ3v) is 3.57. The number of methoxy groups -OCH3 is 1. The van der Waals surface area contributed by atoms with Gasteiger partial charge in [-0.1, -0.05) is 20.3 Å². The van der Waals surface area contributed by atoms with Crippen LogP contribution in [0.2, 0.25) is 0 Å². The summed E-state index contributed by atoms with van der Waals surface area (Å²) in [6.45, 7) is 3.19. The van der Waals surface area contributed by atoms with Gasteiger partial charge in [-0.05, 0) is 30.2 Å². The van der Waals surface area contributed by atoms with Crippen molar-refractivity contribution in [3.05, 3.63) is 35.4 Å². The summed E-state index contributed by atoms with van der Waals surface area (Å²) >= 11 is 0. The molecule has 0 aliphatic carbocycles. The second-order valence-electron chi connectivity index (χ2n) is 5.22. The van der Waals surface area contributed by atoms with Crippen molar-refractivity contribution in [2.75, 3.05) is 13.7 Å². The molecule has 1 aromatic rings. The van der Waals surface area contributed by atoms with Gasteiger partial charge in [0.1, 0.15) is 6.04 Å². The van der Waals surface area contributed by atoms with Crippen molar-refractivity contribution < 1.29 is 23.9 Å². The van der Waals surface area contributed by atoms with Gasteiger partial charge in [0.25, 0.3) is 5.91 Å². The lowest BCUT2D eigenvalue weighted by atomic mass is 9.99. The van der Waals surface area contributed by atoms with E-state index in [2.05, 4.69) is 10.1 Å². The van der Waals surface area contributed by atoms with E-state index in [-0.39, 0.29) is 11.5 Å². The number of esters is 2. The van der Waals surface area contributed by atoms with Gasteiger partial charge in [0, 0.05) is 0 Å². The highest BCUT2D eigenvalue weighted by molar-refractivity contribution is 5.92. The topological polar surface area (TPSA) is 105 Å². The molecule has 0 unspecified atom stereocenters. The normalized spacial score (nSPS) is 12.4. The zero-order valence-corrected chi connectivity index (χ0v) is 13.9. The predicted octanol–water partition coefficient (Wildman–Crippen LogP) is 1.42. The lowest BCUT2D eigenvalue weighted by Gasteiger charge is -2.21. The number of carbonyl (C=O) groups is 3. The molecule has 24 heavy (non-hydrogen) atoms. The van der Waals surface area contributed by atoms with Crippen LogP contribution >= 0.6 is 0 Å². The van der Waals surface area contributed by atoms with Gasteiger partial charge in [-0.25, -0.2) is 9.59 Å². The molecule has 7 nitrogen and oxygen atoms in total. The standard InChI is InChI=1S/C17H20N2O5/c1-4-11(2)15(17(22)23-3)19-14(20)10-24-16(21)13-7-5-12(9-18)6-8-13/h5-8,11,15H,4,10H2,1-3H3,(H,19,20)/t11-,15-/m1/s1. The molecule has 1 rings (SSSR count). The molecule has 0 saturated heterocycles. The Kier molecular flexibility index (Phi) is 7.43. The van der Waals surface area contributed by atoms with E-state index in [4.69, 9.17) is 10.00 Å². The molecule has 0 aromatic heterocycles. The van der Waals surface area contributed by atoms with Crippen molar-refractivity contribution in [2.24, 2.45) is 5.92 Å². The van der Waals surface area contributed by atoms with Gasteiger partial charge in [-0.15, -0.1) is 0 Å². The summed E-state index contributed by atoms with van der Waals surface area (Å²) in [5, 5.41) is 11.2. The highest BCUT2D eigenvalue weighted by Gasteiger charge is 2.27. The average molecular weight is 332 g/mol. The summed E-state index contributed by atoms with van der Waals surface area (Å²) in [4.78, 5) is 35.4. The molecule has 0 heterocycles. The van der Waals surface area contributed by atoms with Gasteiger partial charge < -0.3 is 14.8 Å². The Morgan fingerprint density at radius 1 is 1.25 bits per heavy atom. The van der Waals surface area contributed by atoms with Crippen LogP contribution in [0.5, 0.6) is 0 Å². The minimum atomic E-state index is -0.791. The smallest absolute Gasteiger partial charge is 0.338 e. The first-order valence-corrected chi connectivity index (χ1v) is 7.47. The maximum Gasteiger partial charge on any atom is 0.338 e. The Balaban J connectivity index is 2.59. The van der Waals surface area contributed by atoms with Crippen LogP contribution in [-0.4, -0.2) is 37.6 Å². The molecule has 128 valence electrons. The number of hydrogen-bond acceptors (Lipinski definition) is 6. The van der Waals surface area contributed by atoms with Gasteiger partial charge in [-0.3, -0.25) is 4.79 Å². The van der Waals surface area contributed by atoms with Crippen molar-refractivity contribution in [3.8, 4) is 6.07 Å². The number of carbonyl (C=O) groups excluding carboxylic acids is 3. The van der Waals surface area contributed by atoms with E-state index >= 15 is 0 Å². The molecule has 1 N–H and O–H groups in total. The summed E-state index contributed by atoms with van der Waals surface area (Å²) in [6, 6.07) is 6.98. The minimum absolute atomic E-state index is 0.115. The van der Waals surface area contributed by atoms with Crippen molar-refractivity contribution in [1.29, 1.82) is 5.26 Å². The van der Waals surface area contributed by atoms with E-state index < -0.39 is 30.5 Å². The van der Waals surface area contributed by atoms with Crippen LogP contribution in [0.4, 0.5) is 0 Å². The maximum absolute atomic E-state index is 11.9. The Hall–Kier alpha value is -2.88. The van der Waals surface area contributed by atoms with Crippen LogP contribution in [0.15, 0.2) is 24.3 Å². The van der Waals surface area contributed by atoms with Crippen LogP contribution in [-0.2, 0) is 19.1 Å². The quantitative estimate of drug-likeness (QED) is 0.757. The van der Waals surface area contributed by atoms with Gasteiger partial charge in [0.15, 0.2) is 6.61 Å². The number of nitriles is 1. The molecule has 0 saturated carbocycles. The van der Waals surface area contributed by atoms with Crippen LogP contribution in [0.1, 0.15) is 36.2 Å². The molecule has 1 aromatic carbocycles. The molecule has 2 atom stereocenters. The number of amides is 1. The number of ether oxygens (including phenoxy) is 2. The van der Waals surface area contributed by atoms with E-state index in [0.717, 1.165) is 0 Å². The van der Waals surface area contributed by atoms with Crippen molar-refractivity contribution in [3.63, 3.8) is 0 Å². The molecule has 0 fully saturated rings. The molecule has 0 spiro atoms. The monoisotopic (exact) mass is 332 g/mol. The first-order chi connectivity index (χ1) is 11.4. The third kappa shape index (κ3) is 5.39. The molecule has 1 amide bonds. The third-order valence-electron chi connectivity index (χ3n) is 3.57. The van der Waals surface area contributed by atoms with Crippen LogP contribution in [0.25, 0.3) is 0 Å². The maximum atomic E-state index is 11.9. The van der Waals surface area contributed by atoms with E-state index in [9.17, 15) is 14.4 Å². The van der Waals surface area contributed by atoms with E-state index in [1.807, 2.05) is 19.9 Å². The molecular weight excluding hydrogens is 312 g/mol. The summed E-state index contributed by atoms with van der Waals surface area (Å²) < 4.78 is 9.57. The van der Waals surface area contributed by atoms with Gasteiger partial charge in [-0.2, -0.15) is 5.26 Å². The summed E-state index contributed by atoms with van der Waals surface area (Å²) in [5.74, 6) is -1.94. The van der Waals surface area contributed by atoms with Crippen molar-refractivity contribution in [1.82, 2.24) is 5.32 Å². The Morgan fingerprint density at radius 2 is 1.88 bits per heavy atom. The van der Waals surface area contributed by atoms with Crippen molar-refractivity contribution in [2.45, 2.75) is 26.3 Å². The molecule has 0 aliphatic heterocycles. The number of benzene rings is 1. The Bertz CT molecular complexity index is 633. The number of nitrogens with one attached hydrogen (secondary N) is 1. The molecule has 0 radical (unpaired) electrons. The van der Waals surface area contributed by atoms with Crippen LogP contribution < -0.4 is 5.32 Å². The Morgan fingerprint density at radius 3 is 2.38 bits per heavy atom. The second kappa shape index (κ2) is 9.30. The van der Waals surface area contributed by atoms with Gasteiger partial charge in [0.05, 0.1) is 24.3 Å². The first kappa shape index (κ1) is 19.2. The fraction of sp³-hybridized carbons (Fsp3) is 0.412. The second-order valence-corrected chi connectivity index (χ2v) is 5.22. The van der Waals surface area contributed by atoms with E-state index in [0.29, 0.717) is 12.0 Å². The summed E-state index contributed by atoms with van der Waals surface area (Å²) in [6.07, 6.45) is 0.672. The summed E-state index contributed by atoms with van der Waals surface area (Å²) in [5.41, 5.74) is 0.645. The fourth-order valence-electron chi connectivity index (χ4n) is 1.91. The minimum Gasteiger partial charge on any atom is -0.467 e. The zero-order valence-electron chi connectivity index (χ0n) is 13.9. The summed E-state index contributed by atoms with van der Waals surface area (Å²) in [7, 11) is 1.24. The zero-order chi connectivity index (χ0) is 18.1. The highest BCUT2D eigenvalue weighted by atomic mass is 16.5. The number of nitrogens with zero attached hydrogens (tertiary/aromatic N) is 1. The number of rotatable bonds is 7. The SMILES string of the molecule is CC[C@@H](C)[C@@H](NC(=O)COC(=O)c1ccc(C#N)cc1)C(=O)OC. The molecular formula is C17H20N2O5. The highest BCUT2D eigenvalue weighted by Crippen LogP contribution is 2.09. The van der Waals surface area contributed by atoms with E-state index in [1.165, 1.54) is 31.4 Å². The molecule has 0 aliphatic rings. The fourth-order valence-corrected chi connectivity index (χ4v) is 1.91. The largest absolute Gasteiger partial charge is 0.467 e. The molecule has 0 bridgehead atoms. The lowest BCUT2D eigenvalue weighted by Crippen LogP contribution is -2.47. The lowest BCUT2D eigenvalue weighted by molar-refractivity contribution is -0.147. The number of hydrogen-bond donors (Lipinski definition) is 1. The van der Waals surface area contributed by atoms with Gasteiger partial charge in [0.2, 0.25) is 0 Å². The van der Waals surface area contributed by atoms with E-state index in [1.54, 1.807) is 0 Å². The van der Waals surface area contributed by atoms with Crippen LogP contribution in [0, 0.1) is 17.2 Å². The predicted molar refractivity (Wildman–Crippen MR) is 84.8 cm³/mol. The molecule has 7 heteroatoms. The Labute approximate surface area is 140 Å². The van der Waals surface area contributed by atoms with Gasteiger partial charge >= 0.3 is 11.9 Å². The van der Waals surface area contributed by atoms with Crippen molar-refractivity contribution >= 4 is 17.8 Å². The van der Waals surface area contributed by atoms with Crippen LogP contribution in [0.3, 0.4) is 0 Å². The first-order valence-electron chi connectivity index (χ1n) is 7.47. The average Bonchev–Trinajstić information content (AvgIpc) is 2.62.